The van der Waals surface area contributed by atoms with Gasteiger partial charge in [-0.3, -0.25) is 19.8 Å². The predicted molar refractivity (Wildman–Crippen MR) is 148 cm³/mol. The Bertz CT molecular complexity index is 1380. The standard InChI is InChI=1S/C29H36N4O7/c1-7-39-24-10-18-12-33(27(31)20(18)11-21(24)28(38)40-14-25(30)36)13-23(35)17-8-19(15(2)32-16(3)34)26(37)22(9-17)29(4,5)6/h8-11,15,31,37H,7,12-14H2,1-6H3,(H2,30,36)(H,32,34). The molecule has 2 amide bonds. The molecule has 0 saturated carbocycles. The van der Waals surface area contributed by atoms with Gasteiger partial charge in [0.15, 0.2) is 12.4 Å². The van der Waals surface area contributed by atoms with Gasteiger partial charge >= 0.3 is 5.97 Å². The number of ether oxygens (including phenoxy) is 2. The van der Waals surface area contributed by atoms with Crippen LogP contribution in [0.1, 0.15) is 90.6 Å². The van der Waals surface area contributed by atoms with Crippen molar-refractivity contribution >= 4 is 29.4 Å². The second-order valence-electron chi connectivity index (χ2n) is 10.7. The number of nitrogens with one attached hydrogen (secondary N) is 2. The SMILES string of the molecule is CCOc1cc2c(cc1C(=O)OCC(N)=O)C(=N)N(CC(=O)c1cc(C(C)NC(C)=O)c(O)c(C(C)(C)C)c1)C2. The Kier molecular flexibility index (Phi) is 8.87. The minimum Gasteiger partial charge on any atom is -0.507 e. The predicted octanol–water partition coefficient (Wildman–Crippen LogP) is 2.95. The molecule has 2 aromatic rings. The van der Waals surface area contributed by atoms with Crippen LogP contribution in [0.15, 0.2) is 24.3 Å². The van der Waals surface area contributed by atoms with Crippen LogP contribution in [0.5, 0.6) is 11.5 Å². The number of benzene rings is 2. The summed E-state index contributed by atoms with van der Waals surface area (Å²) in [5.41, 5.74) is 7.08. The number of esters is 1. The van der Waals surface area contributed by atoms with Crippen LogP contribution >= 0.6 is 0 Å². The quantitative estimate of drug-likeness (QED) is 0.257. The number of amides is 2. The van der Waals surface area contributed by atoms with Crippen molar-refractivity contribution < 1.29 is 33.8 Å². The van der Waals surface area contributed by atoms with Crippen LogP contribution in [0.25, 0.3) is 0 Å². The molecule has 1 heterocycles. The zero-order valence-corrected chi connectivity index (χ0v) is 23.6. The molecule has 11 nitrogen and oxygen atoms in total. The molecule has 0 aromatic heterocycles. The molecule has 214 valence electrons. The van der Waals surface area contributed by atoms with Crippen molar-refractivity contribution in [2.45, 2.75) is 59.5 Å². The highest BCUT2D eigenvalue weighted by molar-refractivity contribution is 6.07. The molecule has 0 fully saturated rings. The summed E-state index contributed by atoms with van der Waals surface area (Å²) in [4.78, 5) is 50.4. The first-order valence-corrected chi connectivity index (χ1v) is 12.9. The molecular weight excluding hydrogens is 516 g/mol. The Balaban J connectivity index is 1.93. The van der Waals surface area contributed by atoms with Gasteiger partial charge in [0, 0.05) is 35.7 Å². The lowest BCUT2D eigenvalue weighted by Gasteiger charge is -2.26. The topological polar surface area (TPSA) is 172 Å². The maximum Gasteiger partial charge on any atom is 0.342 e. The van der Waals surface area contributed by atoms with E-state index >= 15 is 0 Å². The number of carbonyl (C=O) groups excluding carboxylic acids is 4. The summed E-state index contributed by atoms with van der Waals surface area (Å²) in [6.45, 7) is 10.4. The number of rotatable bonds is 10. The van der Waals surface area contributed by atoms with Crippen molar-refractivity contribution in [2.24, 2.45) is 5.73 Å². The Labute approximate surface area is 233 Å². The van der Waals surface area contributed by atoms with Gasteiger partial charge in [-0.25, -0.2) is 4.79 Å². The van der Waals surface area contributed by atoms with Crippen LogP contribution in [0, 0.1) is 5.41 Å². The fourth-order valence-electron chi connectivity index (χ4n) is 4.58. The minimum absolute atomic E-state index is 0.0193. The summed E-state index contributed by atoms with van der Waals surface area (Å²) in [6.07, 6.45) is 0. The van der Waals surface area contributed by atoms with Crippen molar-refractivity contribution in [3.05, 3.63) is 57.6 Å². The van der Waals surface area contributed by atoms with Crippen LogP contribution in [-0.2, 0) is 26.3 Å². The van der Waals surface area contributed by atoms with Crippen LogP contribution in [0.2, 0.25) is 0 Å². The van der Waals surface area contributed by atoms with Gasteiger partial charge in [-0.2, -0.15) is 0 Å². The molecule has 1 unspecified atom stereocenters. The van der Waals surface area contributed by atoms with E-state index < -0.39 is 29.9 Å². The average Bonchev–Trinajstić information content (AvgIpc) is 3.14. The second-order valence-corrected chi connectivity index (χ2v) is 10.7. The molecule has 0 spiro atoms. The van der Waals surface area contributed by atoms with Gasteiger partial charge in [-0.15, -0.1) is 0 Å². The number of amidine groups is 1. The fourth-order valence-corrected chi connectivity index (χ4v) is 4.58. The van der Waals surface area contributed by atoms with E-state index in [9.17, 15) is 24.3 Å². The first kappa shape index (κ1) is 30.1. The molecule has 40 heavy (non-hydrogen) atoms. The first-order chi connectivity index (χ1) is 18.6. The highest BCUT2D eigenvalue weighted by Crippen LogP contribution is 2.38. The van der Waals surface area contributed by atoms with Gasteiger partial charge in [0.1, 0.15) is 22.9 Å². The molecule has 1 atom stereocenters. The van der Waals surface area contributed by atoms with Crippen molar-refractivity contribution in [1.82, 2.24) is 10.2 Å². The number of primary amides is 1. The molecule has 3 rings (SSSR count). The number of carbonyl (C=O) groups is 4. The Morgan fingerprint density at radius 1 is 1.18 bits per heavy atom. The number of hydrogen-bond acceptors (Lipinski definition) is 8. The van der Waals surface area contributed by atoms with E-state index in [4.69, 9.17) is 20.6 Å². The number of hydrogen-bond donors (Lipinski definition) is 4. The van der Waals surface area contributed by atoms with E-state index in [2.05, 4.69) is 5.32 Å². The number of nitrogens with two attached hydrogens (primary N) is 1. The fraction of sp³-hybridized carbons (Fsp3) is 0.414. The van der Waals surface area contributed by atoms with Gasteiger partial charge in [0.25, 0.3) is 5.91 Å². The van der Waals surface area contributed by atoms with Crippen LogP contribution in [0.4, 0.5) is 0 Å². The van der Waals surface area contributed by atoms with Crippen LogP contribution in [-0.4, -0.2) is 59.2 Å². The third-order valence-corrected chi connectivity index (χ3v) is 6.49. The van der Waals surface area contributed by atoms with Crippen molar-refractivity contribution in [1.29, 1.82) is 5.41 Å². The monoisotopic (exact) mass is 552 g/mol. The maximum atomic E-state index is 13.5. The Hall–Kier alpha value is -4.41. The molecular formula is C29H36N4O7. The van der Waals surface area contributed by atoms with Crippen molar-refractivity contribution in [2.75, 3.05) is 19.8 Å². The zero-order valence-electron chi connectivity index (χ0n) is 23.6. The molecule has 0 bridgehead atoms. The lowest BCUT2D eigenvalue weighted by molar-refractivity contribution is -0.121. The molecule has 0 aliphatic carbocycles. The summed E-state index contributed by atoms with van der Waals surface area (Å²) < 4.78 is 10.5. The van der Waals surface area contributed by atoms with E-state index in [-0.39, 0.29) is 54.3 Å². The molecule has 1 aliphatic rings. The Morgan fingerprint density at radius 2 is 1.85 bits per heavy atom. The molecule has 11 heteroatoms. The number of nitrogens with zero attached hydrogens (tertiary/aromatic N) is 1. The van der Waals surface area contributed by atoms with E-state index in [1.54, 1.807) is 36.9 Å². The summed E-state index contributed by atoms with van der Waals surface area (Å²) in [5.74, 6) is -1.88. The molecule has 1 aliphatic heterocycles. The van der Waals surface area contributed by atoms with Gasteiger partial charge in [-0.1, -0.05) is 20.8 Å². The summed E-state index contributed by atoms with van der Waals surface area (Å²) in [6, 6.07) is 5.77. The lowest BCUT2D eigenvalue weighted by atomic mass is 9.82. The number of phenolic OH excluding ortho intramolecular Hbond substituents is 1. The molecule has 0 saturated heterocycles. The van der Waals surface area contributed by atoms with Crippen molar-refractivity contribution in [3.8, 4) is 11.5 Å². The number of aromatic hydroxyl groups is 1. The number of phenols is 1. The molecule has 2 aromatic carbocycles. The first-order valence-electron chi connectivity index (χ1n) is 12.9. The minimum atomic E-state index is -0.813. The third kappa shape index (κ3) is 6.59. The van der Waals surface area contributed by atoms with Gasteiger partial charge < -0.3 is 30.5 Å². The maximum absolute atomic E-state index is 13.5. The van der Waals surface area contributed by atoms with E-state index in [1.807, 2.05) is 20.8 Å². The van der Waals surface area contributed by atoms with Crippen LogP contribution < -0.4 is 15.8 Å². The summed E-state index contributed by atoms with van der Waals surface area (Å²) in [5, 5.41) is 22.4. The van der Waals surface area contributed by atoms with E-state index in [1.165, 1.54) is 13.0 Å². The van der Waals surface area contributed by atoms with Gasteiger partial charge in [-0.05, 0) is 49.1 Å². The van der Waals surface area contributed by atoms with Gasteiger partial charge in [0.2, 0.25) is 5.91 Å². The van der Waals surface area contributed by atoms with Crippen LogP contribution in [0.3, 0.4) is 0 Å². The normalized spacial score (nSPS) is 13.4. The van der Waals surface area contributed by atoms with E-state index in [0.717, 1.165) is 0 Å². The largest absolute Gasteiger partial charge is 0.507 e. The second kappa shape index (κ2) is 11.8. The average molecular weight is 553 g/mol. The zero-order chi connectivity index (χ0) is 29.9. The highest BCUT2D eigenvalue weighted by Gasteiger charge is 2.31. The van der Waals surface area contributed by atoms with E-state index in [0.29, 0.717) is 27.8 Å². The lowest BCUT2D eigenvalue weighted by Crippen LogP contribution is -2.31. The molecule has 0 radical (unpaired) electrons. The smallest absolute Gasteiger partial charge is 0.342 e. The highest BCUT2D eigenvalue weighted by atomic mass is 16.5. The molecule has 5 N–H and O–H groups in total. The summed E-state index contributed by atoms with van der Waals surface area (Å²) in [7, 11) is 0. The number of fused-ring (bicyclic) bond motifs is 1. The van der Waals surface area contributed by atoms with Gasteiger partial charge in [0.05, 0.1) is 19.2 Å². The third-order valence-electron chi connectivity index (χ3n) is 6.49. The van der Waals surface area contributed by atoms with Crippen molar-refractivity contribution in [3.63, 3.8) is 0 Å². The number of Topliss-reactive ketones (excluding diaryl/α,β-unsaturated/α-hetero) is 1. The number of ketones is 1. The summed E-state index contributed by atoms with van der Waals surface area (Å²) >= 11 is 0. The Morgan fingerprint density at radius 3 is 2.42 bits per heavy atom.